The van der Waals surface area contributed by atoms with E-state index in [0.717, 1.165) is 36.4 Å². The van der Waals surface area contributed by atoms with Crippen molar-refractivity contribution in [1.82, 2.24) is 9.55 Å². The summed E-state index contributed by atoms with van der Waals surface area (Å²) in [6.45, 7) is 1.86. The number of nitrogens with zero attached hydrogens (tertiary/aromatic N) is 2. The van der Waals surface area contributed by atoms with E-state index in [1.165, 1.54) is 0 Å². The summed E-state index contributed by atoms with van der Waals surface area (Å²) in [4.78, 5) is 17.0. The fourth-order valence-electron chi connectivity index (χ4n) is 2.89. The number of hydrogen-bond donors (Lipinski definition) is 0. The van der Waals surface area contributed by atoms with Gasteiger partial charge in [0.25, 0.3) is 0 Å². The number of methoxy groups -OCH3 is 1. The molecule has 0 atom stereocenters. The van der Waals surface area contributed by atoms with E-state index in [-0.39, 0.29) is 5.91 Å². The average Bonchev–Trinajstić information content (AvgIpc) is 2.84. The first kappa shape index (κ1) is 12.9. The Hall–Kier alpha value is -2.10. The highest BCUT2D eigenvalue weighted by Gasteiger charge is 2.46. The fraction of sp³-hybridized carbons (Fsp3) is 0.375. The van der Waals surface area contributed by atoms with Crippen LogP contribution < -0.4 is 4.74 Å². The van der Waals surface area contributed by atoms with Crippen molar-refractivity contribution in [3.05, 3.63) is 48.0 Å². The minimum atomic E-state index is -0.391. The van der Waals surface area contributed by atoms with Gasteiger partial charge in [-0.3, -0.25) is 9.36 Å². The lowest BCUT2D eigenvalue weighted by Gasteiger charge is -2.40. The van der Waals surface area contributed by atoms with E-state index in [0.29, 0.717) is 0 Å². The van der Waals surface area contributed by atoms with Gasteiger partial charge in [0.15, 0.2) is 0 Å². The molecule has 0 amide bonds. The predicted octanol–water partition coefficient (Wildman–Crippen LogP) is 2.96. The van der Waals surface area contributed by atoms with E-state index in [1.54, 1.807) is 24.1 Å². The molecule has 104 valence electrons. The number of rotatable bonds is 3. The van der Waals surface area contributed by atoms with Crippen molar-refractivity contribution in [3.8, 4) is 5.75 Å². The molecule has 1 fully saturated rings. The lowest BCUT2D eigenvalue weighted by molar-refractivity contribution is 0.0691. The van der Waals surface area contributed by atoms with Crippen molar-refractivity contribution in [3.63, 3.8) is 0 Å². The quantitative estimate of drug-likeness (QED) is 0.861. The molecular formula is C16H18N2O2. The predicted molar refractivity (Wildman–Crippen MR) is 76.1 cm³/mol. The molecular weight excluding hydrogens is 252 g/mol. The maximum absolute atomic E-state index is 12.9. The number of ether oxygens (including phenoxy) is 1. The molecule has 0 saturated heterocycles. The van der Waals surface area contributed by atoms with Crippen molar-refractivity contribution in [2.24, 2.45) is 0 Å². The molecule has 1 aromatic carbocycles. The molecule has 1 heterocycles. The van der Waals surface area contributed by atoms with E-state index in [1.807, 2.05) is 31.2 Å². The van der Waals surface area contributed by atoms with Crippen molar-refractivity contribution < 1.29 is 9.53 Å². The zero-order chi connectivity index (χ0) is 14.2. The van der Waals surface area contributed by atoms with Gasteiger partial charge in [-0.15, -0.1) is 0 Å². The Morgan fingerprint density at radius 2 is 2.00 bits per heavy atom. The standard InChI is InChI=1S/C16H18N2O2/c1-12-17-10-11-18(12)15(19)16(8-3-9-16)13-4-6-14(20-2)7-5-13/h4-7,10-11H,3,8-9H2,1-2H3. The third kappa shape index (κ3) is 1.83. The van der Waals surface area contributed by atoms with Gasteiger partial charge in [0.2, 0.25) is 5.91 Å². The van der Waals surface area contributed by atoms with Crippen LogP contribution >= 0.6 is 0 Å². The van der Waals surface area contributed by atoms with Crippen LogP contribution in [0.15, 0.2) is 36.7 Å². The summed E-state index contributed by atoms with van der Waals surface area (Å²) < 4.78 is 6.86. The van der Waals surface area contributed by atoms with Gasteiger partial charge in [0.05, 0.1) is 12.5 Å². The molecule has 1 aliphatic carbocycles. The van der Waals surface area contributed by atoms with Crippen LogP contribution in [0.1, 0.15) is 35.4 Å². The molecule has 0 N–H and O–H groups in total. The number of hydrogen-bond acceptors (Lipinski definition) is 3. The van der Waals surface area contributed by atoms with Crippen LogP contribution in [0.3, 0.4) is 0 Å². The molecule has 0 unspecified atom stereocenters. The van der Waals surface area contributed by atoms with Gasteiger partial charge >= 0.3 is 0 Å². The summed E-state index contributed by atoms with van der Waals surface area (Å²) in [5.41, 5.74) is 0.681. The number of aromatic nitrogens is 2. The number of imidazole rings is 1. The highest BCUT2D eigenvalue weighted by Crippen LogP contribution is 2.45. The summed E-state index contributed by atoms with van der Waals surface area (Å²) in [6.07, 6.45) is 6.31. The van der Waals surface area contributed by atoms with E-state index in [2.05, 4.69) is 4.98 Å². The summed E-state index contributed by atoms with van der Waals surface area (Å²) in [7, 11) is 1.65. The Kier molecular flexibility index (Phi) is 3.08. The van der Waals surface area contributed by atoms with E-state index >= 15 is 0 Å². The maximum Gasteiger partial charge on any atom is 0.242 e. The SMILES string of the molecule is COc1ccc(C2(C(=O)n3ccnc3C)CCC2)cc1. The molecule has 4 nitrogen and oxygen atoms in total. The van der Waals surface area contributed by atoms with Crippen LogP contribution in [0.4, 0.5) is 0 Å². The summed E-state index contributed by atoms with van der Waals surface area (Å²) in [5.74, 6) is 1.69. The Balaban J connectivity index is 1.98. The van der Waals surface area contributed by atoms with Gasteiger partial charge in [-0.2, -0.15) is 0 Å². The molecule has 0 aliphatic heterocycles. The number of aryl methyl sites for hydroxylation is 1. The van der Waals surface area contributed by atoms with Crippen LogP contribution in [-0.2, 0) is 5.41 Å². The molecule has 1 aliphatic rings. The van der Waals surface area contributed by atoms with Crippen molar-refractivity contribution in [1.29, 1.82) is 0 Å². The zero-order valence-electron chi connectivity index (χ0n) is 11.8. The molecule has 0 radical (unpaired) electrons. The normalized spacial score (nSPS) is 16.5. The monoisotopic (exact) mass is 270 g/mol. The van der Waals surface area contributed by atoms with Crippen LogP contribution in [0.2, 0.25) is 0 Å². The molecule has 0 spiro atoms. The van der Waals surface area contributed by atoms with Crippen molar-refractivity contribution in [2.75, 3.05) is 7.11 Å². The maximum atomic E-state index is 12.9. The highest BCUT2D eigenvalue weighted by molar-refractivity contribution is 5.91. The molecule has 3 rings (SSSR count). The van der Waals surface area contributed by atoms with Crippen LogP contribution in [0, 0.1) is 6.92 Å². The first-order valence-electron chi connectivity index (χ1n) is 6.87. The minimum absolute atomic E-state index is 0.129. The van der Waals surface area contributed by atoms with Crippen molar-refractivity contribution in [2.45, 2.75) is 31.6 Å². The van der Waals surface area contributed by atoms with Gasteiger partial charge in [-0.1, -0.05) is 18.6 Å². The summed E-state index contributed by atoms with van der Waals surface area (Å²) in [5, 5.41) is 0. The summed E-state index contributed by atoms with van der Waals surface area (Å²) in [6, 6.07) is 7.84. The second kappa shape index (κ2) is 4.78. The first-order valence-corrected chi connectivity index (χ1v) is 6.87. The molecule has 1 saturated carbocycles. The highest BCUT2D eigenvalue weighted by atomic mass is 16.5. The second-order valence-corrected chi connectivity index (χ2v) is 5.31. The average molecular weight is 270 g/mol. The molecule has 20 heavy (non-hydrogen) atoms. The largest absolute Gasteiger partial charge is 0.497 e. The number of carbonyl (C=O) groups is 1. The topological polar surface area (TPSA) is 44.1 Å². The lowest BCUT2D eigenvalue weighted by Crippen LogP contribution is -2.45. The first-order chi connectivity index (χ1) is 9.67. The van der Waals surface area contributed by atoms with Crippen LogP contribution in [0.25, 0.3) is 0 Å². The summed E-state index contributed by atoms with van der Waals surface area (Å²) >= 11 is 0. The molecule has 2 aromatic rings. The van der Waals surface area contributed by atoms with Gasteiger partial charge in [0.1, 0.15) is 11.6 Å². The van der Waals surface area contributed by atoms with Gasteiger partial charge in [-0.25, -0.2) is 4.98 Å². The van der Waals surface area contributed by atoms with E-state index in [4.69, 9.17) is 4.74 Å². The molecule has 0 bridgehead atoms. The van der Waals surface area contributed by atoms with Crippen LogP contribution in [-0.4, -0.2) is 22.6 Å². The molecule has 4 heteroatoms. The lowest BCUT2D eigenvalue weighted by atomic mass is 9.63. The smallest absolute Gasteiger partial charge is 0.242 e. The Labute approximate surface area is 118 Å². The second-order valence-electron chi connectivity index (χ2n) is 5.31. The van der Waals surface area contributed by atoms with Crippen LogP contribution in [0.5, 0.6) is 5.75 Å². The van der Waals surface area contributed by atoms with Gasteiger partial charge in [0, 0.05) is 12.4 Å². The van der Waals surface area contributed by atoms with Crippen molar-refractivity contribution >= 4 is 5.91 Å². The zero-order valence-corrected chi connectivity index (χ0v) is 11.8. The van der Waals surface area contributed by atoms with Gasteiger partial charge in [-0.05, 0) is 37.5 Å². The number of carbonyl (C=O) groups excluding carboxylic acids is 1. The number of benzene rings is 1. The molecule has 1 aromatic heterocycles. The minimum Gasteiger partial charge on any atom is -0.497 e. The van der Waals surface area contributed by atoms with Gasteiger partial charge < -0.3 is 4.74 Å². The third-order valence-corrected chi connectivity index (χ3v) is 4.30. The fourth-order valence-corrected chi connectivity index (χ4v) is 2.89. The Morgan fingerprint density at radius 1 is 1.30 bits per heavy atom. The third-order valence-electron chi connectivity index (χ3n) is 4.30. The Morgan fingerprint density at radius 3 is 2.45 bits per heavy atom. The van der Waals surface area contributed by atoms with E-state index < -0.39 is 5.41 Å². The Bertz CT molecular complexity index is 624. The van der Waals surface area contributed by atoms with E-state index in [9.17, 15) is 4.79 Å².